The Balaban J connectivity index is 1.54. The van der Waals surface area contributed by atoms with Crippen molar-refractivity contribution in [1.82, 2.24) is 9.55 Å². The molecule has 2 saturated carbocycles. The topological polar surface area (TPSA) is 38.0 Å². The summed E-state index contributed by atoms with van der Waals surface area (Å²) in [6, 6.07) is 0. The second-order valence-electron chi connectivity index (χ2n) is 5.90. The van der Waals surface area contributed by atoms with E-state index in [0.29, 0.717) is 5.92 Å². The lowest BCUT2D eigenvalue weighted by atomic mass is 9.83. The predicted octanol–water partition coefficient (Wildman–Crippen LogP) is 2.15. The van der Waals surface area contributed by atoms with Crippen LogP contribution in [0.15, 0.2) is 12.4 Å². The molecule has 3 nitrogen and oxygen atoms in total. The fourth-order valence-electron chi connectivity index (χ4n) is 3.89. The van der Waals surface area contributed by atoms with Crippen LogP contribution >= 0.6 is 0 Å². The van der Waals surface area contributed by atoms with Crippen LogP contribution in [0.1, 0.15) is 37.9 Å². The molecule has 1 N–H and O–H groups in total. The van der Waals surface area contributed by atoms with Gasteiger partial charge in [-0.1, -0.05) is 6.42 Å². The number of nitrogens with zero attached hydrogens (tertiary/aromatic N) is 2. The largest absolute Gasteiger partial charge is 0.393 e. The monoisotopic (exact) mass is 234 g/mol. The van der Waals surface area contributed by atoms with E-state index in [1.165, 1.54) is 25.7 Å². The molecule has 0 spiro atoms. The Bertz CT molecular complexity index is 387. The molecule has 94 valence electrons. The number of aliphatic hydroxyl groups excluding tert-OH is 1. The van der Waals surface area contributed by atoms with Gasteiger partial charge in [0.15, 0.2) is 0 Å². The lowest BCUT2D eigenvalue weighted by molar-refractivity contribution is 0.0672. The average molecular weight is 234 g/mol. The van der Waals surface area contributed by atoms with Gasteiger partial charge in [-0.05, 0) is 43.4 Å². The molecule has 2 bridgehead atoms. The SMILES string of the molecule is Cn1ccnc1CCC(O)C1CC2CCC1C2. The number of aryl methyl sites for hydroxylation is 2. The van der Waals surface area contributed by atoms with Gasteiger partial charge < -0.3 is 9.67 Å². The summed E-state index contributed by atoms with van der Waals surface area (Å²) in [7, 11) is 2.02. The first-order valence-electron chi connectivity index (χ1n) is 6.88. The van der Waals surface area contributed by atoms with E-state index in [1.807, 2.05) is 24.0 Å². The van der Waals surface area contributed by atoms with E-state index in [4.69, 9.17) is 0 Å². The molecule has 3 rings (SSSR count). The lowest BCUT2D eigenvalue weighted by Gasteiger charge is -2.26. The summed E-state index contributed by atoms with van der Waals surface area (Å²) in [6.45, 7) is 0. The molecule has 0 radical (unpaired) electrons. The Morgan fingerprint density at radius 2 is 2.35 bits per heavy atom. The van der Waals surface area contributed by atoms with Crippen LogP contribution in [-0.4, -0.2) is 20.8 Å². The molecule has 2 aliphatic carbocycles. The van der Waals surface area contributed by atoms with Crippen LogP contribution < -0.4 is 0 Å². The van der Waals surface area contributed by atoms with Crippen LogP contribution in [0.25, 0.3) is 0 Å². The third kappa shape index (κ3) is 2.13. The van der Waals surface area contributed by atoms with Crippen molar-refractivity contribution in [2.75, 3.05) is 0 Å². The number of aromatic nitrogens is 2. The first kappa shape index (κ1) is 11.3. The first-order chi connectivity index (χ1) is 8.24. The zero-order chi connectivity index (χ0) is 11.8. The zero-order valence-corrected chi connectivity index (χ0v) is 10.5. The van der Waals surface area contributed by atoms with Gasteiger partial charge in [-0.3, -0.25) is 0 Å². The average Bonchev–Trinajstić information content (AvgIpc) is 3.01. The number of imidazole rings is 1. The number of aliphatic hydroxyl groups is 1. The van der Waals surface area contributed by atoms with Crippen LogP contribution in [0.2, 0.25) is 0 Å². The van der Waals surface area contributed by atoms with Gasteiger partial charge in [0.05, 0.1) is 6.10 Å². The van der Waals surface area contributed by atoms with Crippen LogP contribution in [0.3, 0.4) is 0 Å². The fourth-order valence-corrected chi connectivity index (χ4v) is 3.89. The van der Waals surface area contributed by atoms with Crippen LogP contribution in [-0.2, 0) is 13.5 Å². The van der Waals surface area contributed by atoms with E-state index in [1.54, 1.807) is 0 Å². The van der Waals surface area contributed by atoms with Crippen LogP contribution in [0.5, 0.6) is 0 Å². The second-order valence-corrected chi connectivity index (χ2v) is 5.90. The molecule has 0 aliphatic heterocycles. The Hall–Kier alpha value is -0.830. The maximum atomic E-state index is 10.3. The Morgan fingerprint density at radius 3 is 2.94 bits per heavy atom. The highest BCUT2D eigenvalue weighted by atomic mass is 16.3. The van der Waals surface area contributed by atoms with Gasteiger partial charge in [0.1, 0.15) is 5.82 Å². The molecular formula is C14H22N2O. The van der Waals surface area contributed by atoms with Crippen molar-refractivity contribution in [2.24, 2.45) is 24.8 Å². The summed E-state index contributed by atoms with van der Waals surface area (Å²) < 4.78 is 2.05. The van der Waals surface area contributed by atoms with Gasteiger partial charge >= 0.3 is 0 Å². The zero-order valence-electron chi connectivity index (χ0n) is 10.5. The molecule has 4 atom stereocenters. The van der Waals surface area contributed by atoms with Crippen molar-refractivity contribution in [3.05, 3.63) is 18.2 Å². The van der Waals surface area contributed by atoms with Gasteiger partial charge in [-0.2, -0.15) is 0 Å². The van der Waals surface area contributed by atoms with E-state index in [-0.39, 0.29) is 6.10 Å². The predicted molar refractivity (Wildman–Crippen MR) is 66.5 cm³/mol. The first-order valence-corrected chi connectivity index (χ1v) is 6.88. The summed E-state index contributed by atoms with van der Waals surface area (Å²) in [5.41, 5.74) is 0. The highest BCUT2D eigenvalue weighted by Crippen LogP contribution is 2.49. The maximum Gasteiger partial charge on any atom is 0.108 e. The smallest absolute Gasteiger partial charge is 0.108 e. The van der Waals surface area contributed by atoms with Crippen molar-refractivity contribution < 1.29 is 5.11 Å². The molecule has 4 unspecified atom stereocenters. The normalized spacial score (nSPS) is 33.2. The summed E-state index contributed by atoms with van der Waals surface area (Å²) in [5, 5.41) is 10.3. The highest BCUT2D eigenvalue weighted by Gasteiger charge is 2.42. The molecule has 0 saturated heterocycles. The number of fused-ring (bicyclic) bond motifs is 2. The molecule has 3 heteroatoms. The molecule has 0 amide bonds. The number of hydrogen-bond donors (Lipinski definition) is 1. The van der Waals surface area contributed by atoms with E-state index >= 15 is 0 Å². The minimum absolute atomic E-state index is 0.109. The molecule has 1 heterocycles. The third-order valence-corrected chi connectivity index (χ3v) is 4.87. The van der Waals surface area contributed by atoms with Crippen molar-refractivity contribution in [3.63, 3.8) is 0 Å². The minimum Gasteiger partial charge on any atom is -0.393 e. The summed E-state index contributed by atoms with van der Waals surface area (Å²) in [5.74, 6) is 3.41. The highest BCUT2D eigenvalue weighted by molar-refractivity contribution is 4.96. The molecule has 2 fully saturated rings. The minimum atomic E-state index is -0.109. The van der Waals surface area contributed by atoms with E-state index < -0.39 is 0 Å². The van der Waals surface area contributed by atoms with Crippen molar-refractivity contribution in [3.8, 4) is 0 Å². The molecular weight excluding hydrogens is 212 g/mol. The van der Waals surface area contributed by atoms with Gasteiger partial charge in [-0.15, -0.1) is 0 Å². The van der Waals surface area contributed by atoms with Crippen molar-refractivity contribution in [2.45, 2.75) is 44.6 Å². The lowest BCUT2D eigenvalue weighted by Crippen LogP contribution is -2.26. The van der Waals surface area contributed by atoms with E-state index in [0.717, 1.165) is 30.5 Å². The van der Waals surface area contributed by atoms with Gasteiger partial charge in [-0.25, -0.2) is 4.98 Å². The standard InChI is InChI=1S/C14H22N2O/c1-16-7-6-15-14(16)5-4-13(17)12-9-10-2-3-11(12)8-10/h6-7,10-13,17H,2-5,8-9H2,1H3. The van der Waals surface area contributed by atoms with Crippen molar-refractivity contribution in [1.29, 1.82) is 0 Å². The summed E-state index contributed by atoms with van der Waals surface area (Å²) in [4.78, 5) is 4.31. The molecule has 1 aromatic heterocycles. The molecule has 1 aromatic rings. The Labute approximate surface area is 103 Å². The maximum absolute atomic E-state index is 10.3. The Kier molecular flexibility index (Phi) is 2.95. The Morgan fingerprint density at radius 1 is 1.47 bits per heavy atom. The summed E-state index contributed by atoms with van der Waals surface area (Å²) >= 11 is 0. The number of hydrogen-bond acceptors (Lipinski definition) is 2. The molecule has 0 aromatic carbocycles. The van der Waals surface area contributed by atoms with Gasteiger partial charge in [0, 0.05) is 25.9 Å². The van der Waals surface area contributed by atoms with Gasteiger partial charge in [0.2, 0.25) is 0 Å². The van der Waals surface area contributed by atoms with Crippen molar-refractivity contribution >= 4 is 0 Å². The van der Waals surface area contributed by atoms with E-state index in [2.05, 4.69) is 4.98 Å². The summed E-state index contributed by atoms with van der Waals surface area (Å²) in [6.07, 6.45) is 10.9. The number of rotatable bonds is 4. The second kappa shape index (κ2) is 4.45. The molecule has 2 aliphatic rings. The van der Waals surface area contributed by atoms with Crippen LogP contribution in [0, 0.1) is 17.8 Å². The fraction of sp³-hybridized carbons (Fsp3) is 0.786. The molecule has 17 heavy (non-hydrogen) atoms. The van der Waals surface area contributed by atoms with E-state index in [9.17, 15) is 5.11 Å². The van der Waals surface area contributed by atoms with Gasteiger partial charge in [0.25, 0.3) is 0 Å². The quantitative estimate of drug-likeness (QED) is 0.867. The third-order valence-electron chi connectivity index (χ3n) is 4.87. The van der Waals surface area contributed by atoms with Crippen LogP contribution in [0.4, 0.5) is 0 Å².